The number of hydrogen-bond acceptors (Lipinski definition) is 4. The molecule has 2 amide bonds. The molecule has 0 spiro atoms. The van der Waals surface area contributed by atoms with Crippen molar-refractivity contribution in [1.29, 1.82) is 0 Å². The van der Waals surface area contributed by atoms with Gasteiger partial charge in [0, 0.05) is 23.6 Å². The third-order valence-corrected chi connectivity index (χ3v) is 6.11. The van der Waals surface area contributed by atoms with Gasteiger partial charge in [0.2, 0.25) is 5.91 Å². The van der Waals surface area contributed by atoms with Crippen LogP contribution in [0.5, 0.6) is 0 Å². The average Bonchev–Trinajstić information content (AvgIpc) is 2.64. The molecule has 1 fully saturated rings. The van der Waals surface area contributed by atoms with Gasteiger partial charge in [-0.15, -0.1) is 0 Å². The molecule has 144 valence electrons. The summed E-state index contributed by atoms with van der Waals surface area (Å²) in [6, 6.07) is 7.19. The van der Waals surface area contributed by atoms with Crippen molar-refractivity contribution in [2.24, 2.45) is 0 Å². The molecule has 0 saturated carbocycles. The van der Waals surface area contributed by atoms with Gasteiger partial charge in [0.15, 0.2) is 0 Å². The van der Waals surface area contributed by atoms with Gasteiger partial charge in [-0.05, 0) is 73.4 Å². The Kier molecular flexibility index (Phi) is 8.44. The fourth-order valence-electron chi connectivity index (χ4n) is 3.17. The number of thioether (sulfide) groups is 1. The molecular formula is C19H28BrN3O2S. The van der Waals surface area contributed by atoms with E-state index in [1.807, 2.05) is 29.4 Å². The largest absolute Gasteiger partial charge is 0.340 e. The van der Waals surface area contributed by atoms with Crippen LogP contribution in [-0.4, -0.2) is 72.9 Å². The van der Waals surface area contributed by atoms with Crippen LogP contribution in [-0.2, 0) is 4.79 Å². The van der Waals surface area contributed by atoms with Gasteiger partial charge in [0.1, 0.15) is 6.04 Å². The minimum atomic E-state index is -0.483. The zero-order valence-electron chi connectivity index (χ0n) is 15.7. The Bertz CT molecular complexity index is 627. The molecule has 7 heteroatoms. The fourth-order valence-corrected chi connectivity index (χ4v) is 4.11. The van der Waals surface area contributed by atoms with E-state index in [1.165, 1.54) is 0 Å². The summed E-state index contributed by atoms with van der Waals surface area (Å²) in [5.74, 6) is 0.654. The zero-order chi connectivity index (χ0) is 19.1. The van der Waals surface area contributed by atoms with Crippen LogP contribution in [0.25, 0.3) is 0 Å². The summed E-state index contributed by atoms with van der Waals surface area (Å²) < 4.78 is 0.735. The van der Waals surface area contributed by atoms with Crippen LogP contribution in [0.15, 0.2) is 28.7 Å². The average molecular weight is 442 g/mol. The molecular weight excluding hydrogens is 414 g/mol. The highest BCUT2D eigenvalue weighted by molar-refractivity contribution is 9.10. The topological polar surface area (TPSA) is 52.7 Å². The van der Waals surface area contributed by atoms with Crippen LogP contribution < -0.4 is 5.32 Å². The lowest BCUT2D eigenvalue weighted by Crippen LogP contribution is -2.54. The molecule has 26 heavy (non-hydrogen) atoms. The van der Waals surface area contributed by atoms with Crippen LogP contribution in [0.3, 0.4) is 0 Å². The van der Waals surface area contributed by atoms with Crippen molar-refractivity contribution in [3.63, 3.8) is 0 Å². The molecule has 1 aromatic rings. The first-order chi connectivity index (χ1) is 12.4. The van der Waals surface area contributed by atoms with Crippen LogP contribution in [0.1, 0.15) is 29.6 Å². The number of nitrogens with zero attached hydrogens (tertiary/aromatic N) is 2. The predicted molar refractivity (Wildman–Crippen MR) is 112 cm³/mol. The van der Waals surface area contributed by atoms with Crippen molar-refractivity contribution in [2.45, 2.75) is 31.3 Å². The van der Waals surface area contributed by atoms with E-state index in [2.05, 4.69) is 40.2 Å². The molecule has 2 rings (SSSR count). The Hall–Kier alpha value is -1.05. The van der Waals surface area contributed by atoms with E-state index in [0.29, 0.717) is 18.0 Å². The Morgan fingerprint density at radius 3 is 2.77 bits per heavy atom. The molecule has 0 radical (unpaired) electrons. The first-order valence-corrected chi connectivity index (χ1v) is 11.1. The Balaban J connectivity index is 2.09. The number of hydrogen-bond donors (Lipinski definition) is 1. The lowest BCUT2D eigenvalue weighted by Gasteiger charge is -2.37. The van der Waals surface area contributed by atoms with Gasteiger partial charge in [-0.3, -0.25) is 9.59 Å². The number of piperidine rings is 1. The third-order valence-electron chi connectivity index (χ3n) is 4.77. The van der Waals surface area contributed by atoms with Gasteiger partial charge in [0.05, 0.1) is 5.56 Å². The predicted octanol–water partition coefficient (Wildman–Crippen LogP) is 2.85. The number of nitrogens with one attached hydrogen (secondary N) is 1. The van der Waals surface area contributed by atoms with Crippen molar-refractivity contribution in [3.8, 4) is 0 Å². The van der Waals surface area contributed by atoms with E-state index in [4.69, 9.17) is 0 Å². The molecule has 2 atom stereocenters. The maximum Gasteiger partial charge on any atom is 0.253 e. The van der Waals surface area contributed by atoms with Crippen LogP contribution in [0.2, 0.25) is 0 Å². The molecule has 1 heterocycles. The second-order valence-electron chi connectivity index (χ2n) is 6.83. The molecule has 5 nitrogen and oxygen atoms in total. The highest BCUT2D eigenvalue weighted by Crippen LogP contribution is 2.18. The van der Waals surface area contributed by atoms with E-state index >= 15 is 0 Å². The second kappa shape index (κ2) is 10.3. The van der Waals surface area contributed by atoms with E-state index in [0.717, 1.165) is 36.2 Å². The lowest BCUT2D eigenvalue weighted by molar-refractivity contribution is -0.135. The lowest BCUT2D eigenvalue weighted by atomic mass is 10.0. The third kappa shape index (κ3) is 5.72. The van der Waals surface area contributed by atoms with Gasteiger partial charge in [-0.25, -0.2) is 0 Å². The molecule has 0 bridgehead atoms. The van der Waals surface area contributed by atoms with Crippen molar-refractivity contribution in [3.05, 3.63) is 34.3 Å². The van der Waals surface area contributed by atoms with Crippen LogP contribution >= 0.6 is 27.7 Å². The summed E-state index contributed by atoms with van der Waals surface area (Å²) in [6.07, 6.45) is 4.76. The highest BCUT2D eigenvalue weighted by Gasteiger charge is 2.30. The molecule has 1 saturated heterocycles. The van der Waals surface area contributed by atoms with Gasteiger partial charge in [0.25, 0.3) is 5.91 Å². The number of likely N-dealkylation sites (N-methyl/N-ethyl adjacent to an activating group) is 1. The SMILES string of the molecule is CSCCC(NC(=O)c1ccccc1Br)C(=O)N1CCCC(N(C)C)C1. The number of likely N-dealkylation sites (tertiary alicyclic amines) is 1. The van der Waals surface area contributed by atoms with Gasteiger partial charge >= 0.3 is 0 Å². The number of benzene rings is 1. The Morgan fingerprint density at radius 2 is 2.12 bits per heavy atom. The van der Waals surface area contributed by atoms with Gasteiger partial charge < -0.3 is 15.1 Å². The monoisotopic (exact) mass is 441 g/mol. The summed E-state index contributed by atoms with van der Waals surface area (Å²) in [6.45, 7) is 1.50. The van der Waals surface area contributed by atoms with E-state index in [-0.39, 0.29) is 11.8 Å². The standard InChI is InChI=1S/C19H28BrN3O2S/c1-22(2)14-7-6-11-23(13-14)19(25)17(10-12-26-3)21-18(24)15-8-4-5-9-16(15)20/h4-5,8-9,14,17H,6-7,10-13H2,1-3H3,(H,21,24). The van der Waals surface area contributed by atoms with Crippen molar-refractivity contribution in [2.75, 3.05) is 39.2 Å². The minimum Gasteiger partial charge on any atom is -0.340 e. The zero-order valence-corrected chi connectivity index (χ0v) is 18.1. The van der Waals surface area contributed by atoms with E-state index in [9.17, 15) is 9.59 Å². The number of carbonyl (C=O) groups excluding carboxylic acids is 2. The van der Waals surface area contributed by atoms with Crippen molar-refractivity contribution < 1.29 is 9.59 Å². The first-order valence-electron chi connectivity index (χ1n) is 8.93. The summed E-state index contributed by atoms with van der Waals surface area (Å²) >= 11 is 5.10. The summed E-state index contributed by atoms with van der Waals surface area (Å²) in [5, 5.41) is 2.96. The minimum absolute atomic E-state index is 0.0333. The Labute approximate surface area is 169 Å². The number of amides is 2. The second-order valence-corrected chi connectivity index (χ2v) is 8.67. The maximum absolute atomic E-state index is 13.1. The Morgan fingerprint density at radius 1 is 1.38 bits per heavy atom. The fraction of sp³-hybridized carbons (Fsp3) is 0.579. The van der Waals surface area contributed by atoms with Crippen LogP contribution in [0.4, 0.5) is 0 Å². The van der Waals surface area contributed by atoms with Gasteiger partial charge in [-0.1, -0.05) is 12.1 Å². The molecule has 1 aromatic carbocycles. The summed E-state index contributed by atoms with van der Waals surface area (Å²) in [5.41, 5.74) is 0.555. The highest BCUT2D eigenvalue weighted by atomic mass is 79.9. The van der Waals surface area contributed by atoms with Gasteiger partial charge in [-0.2, -0.15) is 11.8 Å². The number of halogens is 1. The first kappa shape index (κ1) is 21.3. The van der Waals surface area contributed by atoms with Crippen molar-refractivity contribution in [1.82, 2.24) is 15.1 Å². The summed E-state index contributed by atoms with van der Waals surface area (Å²) in [4.78, 5) is 29.9. The van der Waals surface area contributed by atoms with Crippen molar-refractivity contribution >= 4 is 39.5 Å². The van der Waals surface area contributed by atoms with E-state index in [1.54, 1.807) is 17.8 Å². The molecule has 1 N–H and O–H groups in total. The number of carbonyl (C=O) groups is 2. The normalized spacial score (nSPS) is 18.7. The molecule has 2 unspecified atom stereocenters. The van der Waals surface area contributed by atoms with Crippen LogP contribution in [0, 0.1) is 0 Å². The molecule has 1 aliphatic heterocycles. The number of rotatable bonds is 7. The molecule has 0 aliphatic carbocycles. The summed E-state index contributed by atoms with van der Waals surface area (Å²) in [7, 11) is 4.11. The van der Waals surface area contributed by atoms with E-state index < -0.39 is 6.04 Å². The molecule has 1 aliphatic rings. The maximum atomic E-state index is 13.1. The quantitative estimate of drug-likeness (QED) is 0.706. The smallest absolute Gasteiger partial charge is 0.253 e. The molecule has 0 aromatic heterocycles.